The van der Waals surface area contributed by atoms with Crippen molar-refractivity contribution < 1.29 is 27.0 Å². The fourth-order valence-corrected chi connectivity index (χ4v) is 2.96. The Morgan fingerprint density at radius 1 is 1.11 bits per heavy atom. The fraction of sp³-hybridized carbons (Fsp3) is 0.300. The molecule has 0 saturated carbocycles. The minimum atomic E-state index is -4.55. The molecular weight excluding hydrogens is 398 g/mol. The molecule has 0 fully saturated rings. The van der Waals surface area contributed by atoms with Crippen LogP contribution in [0.2, 0.25) is 0 Å². The molecule has 0 saturated heterocycles. The molecule has 2 aromatic rings. The van der Waals surface area contributed by atoms with Crippen LogP contribution in [0, 0.1) is 5.82 Å². The van der Waals surface area contributed by atoms with E-state index in [9.17, 15) is 17.6 Å². The third-order valence-corrected chi connectivity index (χ3v) is 4.14. The van der Waals surface area contributed by atoms with Gasteiger partial charge in [-0.1, -0.05) is 23.8 Å². The number of likely N-dealkylation sites (N-methyl/N-ethyl adjacent to an activating group) is 1. The van der Waals surface area contributed by atoms with Crippen molar-refractivity contribution in [2.75, 3.05) is 20.4 Å². The molecule has 0 bridgehead atoms. The smallest absolute Gasteiger partial charge is 0.416 e. The zero-order valence-corrected chi connectivity index (χ0v) is 16.2. The number of fused-ring (bicyclic) bond motifs is 1. The summed E-state index contributed by atoms with van der Waals surface area (Å²) in [7, 11) is 1.91. The number of rotatable bonds is 5. The topological polar surface area (TPSA) is 21.7 Å². The van der Waals surface area contributed by atoms with Crippen LogP contribution in [0.25, 0.3) is 6.08 Å². The van der Waals surface area contributed by atoms with Crippen LogP contribution in [0.4, 0.5) is 17.6 Å². The largest absolute Gasteiger partial charge is 0.454 e. The monoisotopic (exact) mass is 417 g/mol. The highest BCUT2D eigenvalue weighted by molar-refractivity contribution is 5.85. The molecule has 0 spiro atoms. The maximum absolute atomic E-state index is 14.0. The zero-order chi connectivity index (χ0) is 19.6. The average Bonchev–Trinajstić information content (AvgIpc) is 3.03. The standard InChI is InChI=1S/C20H19F4NO2.ClH/c1-13(7-15-4-5-16(9-17(15)21)20(22,23)24)10-25(2)11-14-3-6-18-19(8-14)27-12-26-18;/h3-9H,10-12H2,1-2H3;1H/b13-7+;. The first-order valence-electron chi connectivity index (χ1n) is 8.33. The SMILES string of the molecule is C/C(=C\c1ccc(C(F)(F)F)cc1F)CN(C)Cc1ccc2c(c1)OCO2.Cl. The maximum atomic E-state index is 14.0. The average molecular weight is 418 g/mol. The van der Waals surface area contributed by atoms with Crippen LogP contribution in [-0.4, -0.2) is 25.3 Å². The first-order chi connectivity index (χ1) is 12.7. The first-order valence-corrected chi connectivity index (χ1v) is 8.33. The molecule has 3 rings (SSSR count). The Labute approximate surface area is 167 Å². The molecule has 152 valence electrons. The van der Waals surface area contributed by atoms with E-state index in [1.54, 1.807) is 6.08 Å². The van der Waals surface area contributed by atoms with Gasteiger partial charge < -0.3 is 9.47 Å². The first kappa shape index (κ1) is 22.0. The molecule has 0 amide bonds. The van der Waals surface area contributed by atoms with Crippen LogP contribution < -0.4 is 9.47 Å². The highest BCUT2D eigenvalue weighted by Gasteiger charge is 2.31. The van der Waals surface area contributed by atoms with Crippen molar-refractivity contribution in [2.45, 2.75) is 19.6 Å². The molecule has 8 heteroatoms. The highest BCUT2D eigenvalue weighted by atomic mass is 35.5. The molecule has 0 radical (unpaired) electrons. The molecule has 1 heterocycles. The Balaban J connectivity index is 0.00000280. The second-order valence-electron chi connectivity index (χ2n) is 6.58. The minimum absolute atomic E-state index is 0. The van der Waals surface area contributed by atoms with Gasteiger partial charge in [0, 0.05) is 18.7 Å². The Kier molecular flexibility index (Phi) is 6.96. The summed E-state index contributed by atoms with van der Waals surface area (Å²) >= 11 is 0. The third-order valence-electron chi connectivity index (χ3n) is 4.14. The van der Waals surface area contributed by atoms with Gasteiger partial charge in [0.15, 0.2) is 11.5 Å². The van der Waals surface area contributed by atoms with E-state index in [-0.39, 0.29) is 24.8 Å². The van der Waals surface area contributed by atoms with E-state index in [0.29, 0.717) is 24.9 Å². The maximum Gasteiger partial charge on any atom is 0.416 e. The van der Waals surface area contributed by atoms with Gasteiger partial charge in [-0.25, -0.2) is 4.39 Å². The van der Waals surface area contributed by atoms with Crippen LogP contribution in [0.3, 0.4) is 0 Å². The summed E-state index contributed by atoms with van der Waals surface area (Å²) in [5.41, 5.74) is 1.01. The van der Waals surface area contributed by atoms with E-state index in [1.807, 2.05) is 37.1 Å². The van der Waals surface area contributed by atoms with Gasteiger partial charge in [0.05, 0.1) is 5.56 Å². The van der Waals surface area contributed by atoms with Gasteiger partial charge in [-0.15, -0.1) is 12.4 Å². The van der Waals surface area contributed by atoms with E-state index in [0.717, 1.165) is 29.0 Å². The lowest BCUT2D eigenvalue weighted by Gasteiger charge is -2.17. The van der Waals surface area contributed by atoms with Crippen molar-refractivity contribution in [3.8, 4) is 11.5 Å². The summed E-state index contributed by atoms with van der Waals surface area (Å²) in [5, 5.41) is 0. The lowest BCUT2D eigenvalue weighted by atomic mass is 10.1. The number of hydrogen-bond acceptors (Lipinski definition) is 3. The number of alkyl halides is 3. The Hall–Kier alpha value is -2.25. The molecule has 0 N–H and O–H groups in total. The number of halogens is 5. The quantitative estimate of drug-likeness (QED) is 0.597. The summed E-state index contributed by atoms with van der Waals surface area (Å²) in [6, 6.07) is 8.27. The second kappa shape index (κ2) is 8.84. The zero-order valence-electron chi connectivity index (χ0n) is 15.3. The van der Waals surface area contributed by atoms with Gasteiger partial charge in [0.25, 0.3) is 0 Å². The molecule has 0 unspecified atom stereocenters. The van der Waals surface area contributed by atoms with Gasteiger partial charge in [-0.05, 0) is 43.8 Å². The summed E-state index contributed by atoms with van der Waals surface area (Å²) in [6.07, 6.45) is -2.99. The Morgan fingerprint density at radius 2 is 1.82 bits per heavy atom. The minimum Gasteiger partial charge on any atom is -0.454 e. The van der Waals surface area contributed by atoms with Crippen molar-refractivity contribution in [1.82, 2.24) is 4.90 Å². The van der Waals surface area contributed by atoms with E-state index in [4.69, 9.17) is 9.47 Å². The fourth-order valence-electron chi connectivity index (χ4n) is 2.96. The summed E-state index contributed by atoms with van der Waals surface area (Å²) in [6.45, 7) is 3.20. The van der Waals surface area contributed by atoms with Gasteiger partial charge in [0.2, 0.25) is 6.79 Å². The highest BCUT2D eigenvalue weighted by Crippen LogP contribution is 2.33. The molecule has 3 nitrogen and oxygen atoms in total. The van der Waals surface area contributed by atoms with Gasteiger partial charge >= 0.3 is 6.18 Å². The van der Waals surface area contributed by atoms with E-state index in [1.165, 1.54) is 0 Å². The number of nitrogens with zero attached hydrogens (tertiary/aromatic N) is 1. The number of hydrogen-bond donors (Lipinski definition) is 0. The Morgan fingerprint density at radius 3 is 2.50 bits per heavy atom. The van der Waals surface area contributed by atoms with Crippen LogP contribution in [0.5, 0.6) is 11.5 Å². The number of benzene rings is 2. The van der Waals surface area contributed by atoms with E-state index < -0.39 is 17.6 Å². The summed E-state index contributed by atoms with van der Waals surface area (Å²) in [4.78, 5) is 2.02. The van der Waals surface area contributed by atoms with Crippen molar-refractivity contribution in [3.05, 3.63) is 64.5 Å². The normalized spacial score (nSPS) is 13.6. The van der Waals surface area contributed by atoms with E-state index in [2.05, 4.69) is 0 Å². The van der Waals surface area contributed by atoms with Crippen molar-refractivity contribution in [2.24, 2.45) is 0 Å². The van der Waals surface area contributed by atoms with Crippen molar-refractivity contribution >= 4 is 18.5 Å². The lowest BCUT2D eigenvalue weighted by Crippen LogP contribution is -2.19. The van der Waals surface area contributed by atoms with Gasteiger partial charge in [0.1, 0.15) is 5.82 Å². The molecule has 1 aliphatic heterocycles. The summed E-state index contributed by atoms with van der Waals surface area (Å²) in [5.74, 6) is 0.540. The van der Waals surface area contributed by atoms with Crippen LogP contribution in [0.15, 0.2) is 42.0 Å². The molecule has 0 atom stereocenters. The lowest BCUT2D eigenvalue weighted by molar-refractivity contribution is -0.137. The summed E-state index contributed by atoms with van der Waals surface area (Å²) < 4.78 is 62.5. The van der Waals surface area contributed by atoms with Crippen molar-refractivity contribution in [3.63, 3.8) is 0 Å². The van der Waals surface area contributed by atoms with Crippen LogP contribution in [0.1, 0.15) is 23.6 Å². The van der Waals surface area contributed by atoms with E-state index >= 15 is 0 Å². The molecule has 0 aromatic heterocycles. The van der Waals surface area contributed by atoms with Crippen molar-refractivity contribution in [1.29, 1.82) is 0 Å². The Bertz CT molecular complexity index is 868. The van der Waals surface area contributed by atoms with Gasteiger partial charge in [-0.3, -0.25) is 4.90 Å². The van der Waals surface area contributed by atoms with Gasteiger partial charge in [-0.2, -0.15) is 13.2 Å². The molecular formula is C20H20ClF4NO2. The van der Waals surface area contributed by atoms with Crippen LogP contribution in [-0.2, 0) is 12.7 Å². The van der Waals surface area contributed by atoms with Crippen LogP contribution >= 0.6 is 12.4 Å². The predicted molar refractivity (Wildman–Crippen MR) is 101 cm³/mol. The molecule has 1 aliphatic rings. The second-order valence-corrected chi connectivity index (χ2v) is 6.58. The molecule has 28 heavy (non-hydrogen) atoms. The number of ether oxygens (including phenoxy) is 2. The molecule has 0 aliphatic carbocycles. The third kappa shape index (κ3) is 5.39. The molecule has 2 aromatic carbocycles. The predicted octanol–water partition coefficient (Wildman–Crippen LogP) is 5.53.